The van der Waals surface area contributed by atoms with Crippen molar-refractivity contribution >= 4 is 54.2 Å². The average Bonchev–Trinajstić information content (AvgIpc) is 3.45. The molecule has 0 bridgehead atoms. The van der Waals surface area contributed by atoms with Crippen LogP contribution in [0.2, 0.25) is 0 Å². The third kappa shape index (κ3) is 7.60. The Balaban J connectivity index is 1.21. The van der Waals surface area contributed by atoms with Crippen LogP contribution in [-0.2, 0) is 29.4 Å². The Kier molecular flexibility index (Phi) is 9.79. The molecule has 0 aliphatic heterocycles. The lowest BCUT2D eigenvalue weighted by molar-refractivity contribution is 0.0686. The number of benzene rings is 4. The molecule has 5 aromatic rings. The Morgan fingerprint density at radius 2 is 1.60 bits per heavy atom. The van der Waals surface area contributed by atoms with Crippen molar-refractivity contribution in [3.05, 3.63) is 129 Å². The first kappa shape index (κ1) is 32.5. The number of nitrogens with zero attached hydrogens (tertiary/aromatic N) is 2. The van der Waals surface area contributed by atoms with E-state index in [1.807, 2.05) is 48.5 Å². The van der Waals surface area contributed by atoms with Crippen molar-refractivity contribution in [1.29, 1.82) is 0 Å². The number of hydrogen-bond donors (Lipinski definition) is 1. The van der Waals surface area contributed by atoms with E-state index in [0.717, 1.165) is 30.2 Å². The van der Waals surface area contributed by atoms with Crippen molar-refractivity contribution in [3.8, 4) is 5.75 Å². The highest BCUT2D eigenvalue weighted by molar-refractivity contribution is 9.10. The predicted molar refractivity (Wildman–Crippen MR) is 189 cm³/mol. The first-order valence-corrected chi connectivity index (χ1v) is 18.3. The number of anilines is 1. The Labute approximate surface area is 283 Å². The monoisotopic (exact) mass is 713 g/mol. The van der Waals surface area contributed by atoms with Gasteiger partial charge in [-0.1, -0.05) is 54.6 Å². The first-order valence-electron chi connectivity index (χ1n) is 15.6. The maximum absolute atomic E-state index is 13.7. The molecule has 10 heteroatoms. The highest BCUT2D eigenvalue weighted by Crippen LogP contribution is 2.32. The van der Waals surface area contributed by atoms with E-state index in [2.05, 4.69) is 27.0 Å². The molecule has 0 saturated carbocycles. The van der Waals surface area contributed by atoms with Crippen LogP contribution in [0.3, 0.4) is 0 Å². The summed E-state index contributed by atoms with van der Waals surface area (Å²) in [6.45, 7) is 0.245. The predicted octanol–water partition coefficient (Wildman–Crippen LogP) is 7.18. The number of carbonyl (C=O) groups is 2. The molecule has 1 N–H and O–H groups in total. The van der Waals surface area contributed by atoms with Crippen LogP contribution in [-0.4, -0.2) is 55.9 Å². The van der Waals surface area contributed by atoms with Crippen molar-refractivity contribution in [2.24, 2.45) is 0 Å². The molecule has 242 valence electrons. The zero-order valence-corrected chi connectivity index (χ0v) is 28.5. The lowest BCUT2D eigenvalue weighted by atomic mass is 9.96. The van der Waals surface area contributed by atoms with Gasteiger partial charge in [0.25, 0.3) is 5.91 Å². The Bertz CT molecular complexity index is 2010. The van der Waals surface area contributed by atoms with Crippen molar-refractivity contribution in [1.82, 2.24) is 9.88 Å². The quantitative estimate of drug-likeness (QED) is 0.138. The van der Waals surface area contributed by atoms with Crippen LogP contribution in [0.25, 0.3) is 10.9 Å². The fraction of sp³-hybridized carbons (Fsp3) is 0.243. The standard InChI is InChI=1S/C37H36BrN3O5S/c1-47(44,45)41(24-26-10-4-2-5-11-26)35-22-28(16-19-32(35)38)36(42)25-40(37(43)27-12-6-3-7-13-27)20-21-46-29-17-18-31-30-14-8-9-15-33(30)39-34(31)23-29/h2-7,10-13,16-19,22-23,39H,8-9,14-15,20-21,24-25H2,1H3. The van der Waals surface area contributed by atoms with E-state index >= 15 is 0 Å². The number of ether oxygens (including phenoxy) is 1. The zero-order chi connectivity index (χ0) is 33.0. The second-order valence-corrected chi connectivity index (χ2v) is 14.5. The molecule has 1 heterocycles. The van der Waals surface area contributed by atoms with Gasteiger partial charge in [0.1, 0.15) is 12.4 Å². The van der Waals surface area contributed by atoms with Crippen LogP contribution in [0, 0.1) is 0 Å². The Morgan fingerprint density at radius 3 is 2.34 bits per heavy atom. The normalized spacial score (nSPS) is 12.8. The summed E-state index contributed by atoms with van der Waals surface area (Å²) in [5.41, 5.74) is 5.63. The number of nitrogens with one attached hydrogen (secondary N) is 1. The van der Waals surface area contributed by atoms with E-state index < -0.39 is 10.0 Å². The third-order valence-corrected chi connectivity index (χ3v) is 10.2. The number of ketones is 1. The Morgan fingerprint density at radius 1 is 0.872 bits per heavy atom. The molecule has 0 saturated heterocycles. The average molecular weight is 715 g/mol. The number of hydrogen-bond acceptors (Lipinski definition) is 5. The highest BCUT2D eigenvalue weighted by atomic mass is 79.9. The lowest BCUT2D eigenvalue weighted by Gasteiger charge is -2.25. The first-order chi connectivity index (χ1) is 22.7. The lowest BCUT2D eigenvalue weighted by Crippen LogP contribution is -2.38. The largest absolute Gasteiger partial charge is 0.492 e. The van der Waals surface area contributed by atoms with E-state index in [0.29, 0.717) is 21.5 Å². The van der Waals surface area contributed by atoms with E-state index in [9.17, 15) is 18.0 Å². The summed E-state index contributed by atoms with van der Waals surface area (Å²) in [4.78, 5) is 32.4. The molecule has 0 spiro atoms. The second kappa shape index (κ2) is 14.1. The minimum Gasteiger partial charge on any atom is -0.492 e. The van der Waals surface area contributed by atoms with E-state index in [1.165, 1.54) is 38.7 Å². The van der Waals surface area contributed by atoms with E-state index in [-0.39, 0.29) is 43.5 Å². The molecule has 8 nitrogen and oxygen atoms in total. The molecule has 4 aromatic carbocycles. The van der Waals surface area contributed by atoms with Crippen LogP contribution < -0.4 is 9.04 Å². The number of halogens is 1. The van der Waals surface area contributed by atoms with Crippen LogP contribution in [0.5, 0.6) is 5.75 Å². The molecule has 47 heavy (non-hydrogen) atoms. The summed E-state index contributed by atoms with van der Waals surface area (Å²) in [5, 5.41) is 1.23. The molecular formula is C37H36BrN3O5S. The molecule has 0 unspecified atom stereocenters. The van der Waals surface area contributed by atoms with Gasteiger partial charge in [-0.2, -0.15) is 0 Å². The van der Waals surface area contributed by atoms with Gasteiger partial charge < -0.3 is 14.6 Å². The SMILES string of the molecule is CS(=O)(=O)N(Cc1ccccc1)c1cc(C(=O)CN(CCOc2ccc3c4c([nH]c3c2)CCCC4)C(=O)c2ccccc2)ccc1Br. The fourth-order valence-electron chi connectivity index (χ4n) is 6.04. The van der Waals surface area contributed by atoms with Crippen molar-refractivity contribution in [2.45, 2.75) is 32.2 Å². The zero-order valence-electron chi connectivity index (χ0n) is 26.1. The number of Topliss-reactive ketones (excluding diaryl/α,β-unsaturated/α-hetero) is 1. The van der Waals surface area contributed by atoms with Crippen LogP contribution in [0.1, 0.15) is 50.4 Å². The molecule has 0 radical (unpaired) electrons. The van der Waals surface area contributed by atoms with Gasteiger partial charge in [0.2, 0.25) is 10.0 Å². The van der Waals surface area contributed by atoms with E-state index in [1.54, 1.807) is 42.5 Å². The number of rotatable bonds is 12. The summed E-state index contributed by atoms with van der Waals surface area (Å²) < 4.78 is 33.7. The smallest absolute Gasteiger partial charge is 0.254 e. The van der Waals surface area contributed by atoms with Gasteiger partial charge in [-0.05, 0) is 89.1 Å². The fourth-order valence-corrected chi connectivity index (χ4v) is 7.51. The number of sulfonamides is 1. The summed E-state index contributed by atoms with van der Waals surface area (Å²) in [6.07, 6.45) is 5.67. The molecule has 1 aliphatic rings. The van der Waals surface area contributed by atoms with Crippen molar-refractivity contribution < 1.29 is 22.7 Å². The van der Waals surface area contributed by atoms with Gasteiger partial charge >= 0.3 is 0 Å². The Hall–Kier alpha value is -4.41. The molecule has 0 atom stereocenters. The number of fused-ring (bicyclic) bond motifs is 3. The van der Waals surface area contributed by atoms with Crippen LogP contribution in [0.15, 0.2) is 102 Å². The van der Waals surface area contributed by atoms with Crippen molar-refractivity contribution in [3.63, 3.8) is 0 Å². The van der Waals surface area contributed by atoms with Crippen LogP contribution in [0.4, 0.5) is 5.69 Å². The second-order valence-electron chi connectivity index (χ2n) is 11.8. The topological polar surface area (TPSA) is 99.8 Å². The molecular weight excluding hydrogens is 678 g/mol. The maximum atomic E-state index is 13.7. The van der Waals surface area contributed by atoms with Gasteiger partial charge in [0, 0.05) is 38.3 Å². The highest BCUT2D eigenvalue weighted by Gasteiger charge is 2.24. The number of carbonyl (C=O) groups excluding carboxylic acids is 2. The molecule has 1 aliphatic carbocycles. The molecule has 0 fully saturated rings. The molecule has 1 amide bonds. The number of aryl methyl sites for hydroxylation is 2. The van der Waals surface area contributed by atoms with Gasteiger partial charge in [-0.15, -0.1) is 0 Å². The number of amides is 1. The maximum Gasteiger partial charge on any atom is 0.254 e. The van der Waals surface area contributed by atoms with Gasteiger partial charge in [0.15, 0.2) is 5.78 Å². The van der Waals surface area contributed by atoms with Gasteiger partial charge in [0.05, 0.1) is 31.6 Å². The van der Waals surface area contributed by atoms with Gasteiger partial charge in [-0.25, -0.2) is 8.42 Å². The van der Waals surface area contributed by atoms with Crippen LogP contribution >= 0.6 is 15.9 Å². The van der Waals surface area contributed by atoms with Crippen molar-refractivity contribution in [2.75, 3.05) is 30.3 Å². The van der Waals surface area contributed by atoms with E-state index in [4.69, 9.17) is 4.74 Å². The molecule has 6 rings (SSSR count). The summed E-state index contributed by atoms with van der Waals surface area (Å²) >= 11 is 3.48. The molecule has 1 aromatic heterocycles. The summed E-state index contributed by atoms with van der Waals surface area (Å²) in [6, 6.07) is 29.0. The van der Waals surface area contributed by atoms with Gasteiger partial charge in [-0.3, -0.25) is 13.9 Å². The summed E-state index contributed by atoms with van der Waals surface area (Å²) in [5.74, 6) is 0.0650. The number of H-pyrrole nitrogens is 1. The number of aromatic nitrogens is 1. The number of aromatic amines is 1. The third-order valence-electron chi connectivity index (χ3n) is 8.45. The minimum atomic E-state index is -3.70. The summed E-state index contributed by atoms with van der Waals surface area (Å²) in [7, 11) is -3.70. The minimum absolute atomic E-state index is 0.1000.